The zero-order valence-electron chi connectivity index (χ0n) is 10.8. The minimum Gasteiger partial charge on any atom is -0.493 e. The summed E-state index contributed by atoms with van der Waals surface area (Å²) in [6, 6.07) is 3.44. The van der Waals surface area contributed by atoms with Gasteiger partial charge in [-0.15, -0.1) is 11.3 Å². The van der Waals surface area contributed by atoms with Gasteiger partial charge < -0.3 is 19.3 Å². The topological polar surface area (TPSA) is 60.8 Å². The number of aliphatic hydroxyl groups excluding tert-OH is 1. The molecular formula is C13H15NO4S. The highest BCUT2D eigenvalue weighted by atomic mass is 32.1. The van der Waals surface area contributed by atoms with Crippen molar-refractivity contribution in [1.82, 2.24) is 4.98 Å². The molecule has 0 saturated heterocycles. The summed E-state index contributed by atoms with van der Waals surface area (Å²) in [7, 11) is 3.09. The van der Waals surface area contributed by atoms with Crippen LogP contribution in [0, 0.1) is 0 Å². The van der Waals surface area contributed by atoms with Crippen LogP contribution >= 0.6 is 11.3 Å². The van der Waals surface area contributed by atoms with Crippen molar-refractivity contribution in [3.05, 3.63) is 34.3 Å². The first-order valence-electron chi connectivity index (χ1n) is 5.64. The second-order valence-electron chi connectivity index (χ2n) is 3.76. The molecule has 0 bridgehead atoms. The third-order valence-corrected chi connectivity index (χ3v) is 3.19. The van der Waals surface area contributed by atoms with Crippen LogP contribution in [0.2, 0.25) is 0 Å². The fraction of sp³-hybridized carbons (Fsp3) is 0.308. The highest BCUT2D eigenvalue weighted by molar-refractivity contribution is 7.07. The van der Waals surface area contributed by atoms with E-state index in [4.69, 9.17) is 14.2 Å². The Morgan fingerprint density at radius 1 is 1.21 bits per heavy atom. The summed E-state index contributed by atoms with van der Waals surface area (Å²) >= 11 is 1.51. The molecule has 1 N–H and O–H groups in total. The molecular weight excluding hydrogens is 266 g/mol. The van der Waals surface area contributed by atoms with Gasteiger partial charge in [-0.05, 0) is 17.7 Å². The number of hydrogen-bond donors (Lipinski definition) is 1. The lowest BCUT2D eigenvalue weighted by atomic mass is 10.2. The molecule has 0 amide bonds. The lowest BCUT2D eigenvalue weighted by molar-refractivity contribution is 0.258. The number of aliphatic hydroxyl groups is 1. The zero-order valence-corrected chi connectivity index (χ0v) is 11.6. The van der Waals surface area contributed by atoms with E-state index in [1.54, 1.807) is 31.9 Å². The molecule has 0 aliphatic carbocycles. The largest absolute Gasteiger partial charge is 0.493 e. The molecule has 0 fully saturated rings. The summed E-state index contributed by atoms with van der Waals surface area (Å²) in [5.41, 5.74) is 3.30. The molecule has 0 aliphatic rings. The lowest BCUT2D eigenvalue weighted by Crippen LogP contribution is -2.01. The average Bonchev–Trinajstić information content (AvgIpc) is 2.97. The number of benzene rings is 1. The molecule has 6 heteroatoms. The Labute approximate surface area is 115 Å². The van der Waals surface area contributed by atoms with Gasteiger partial charge in [0, 0.05) is 5.38 Å². The molecule has 0 spiro atoms. The second kappa shape index (κ2) is 6.40. The van der Waals surface area contributed by atoms with Crippen LogP contribution in [0.3, 0.4) is 0 Å². The fourth-order valence-corrected chi connectivity index (χ4v) is 2.17. The predicted octanol–water partition coefficient (Wildman–Crippen LogP) is 2.23. The van der Waals surface area contributed by atoms with Crippen LogP contribution in [0.15, 0.2) is 23.0 Å². The summed E-state index contributed by atoms with van der Waals surface area (Å²) in [5.74, 6) is 1.56. The van der Waals surface area contributed by atoms with Crippen LogP contribution in [0.5, 0.6) is 17.2 Å². The number of rotatable bonds is 6. The molecule has 0 saturated carbocycles. The summed E-state index contributed by atoms with van der Waals surface area (Å²) < 4.78 is 16.2. The minimum absolute atomic E-state index is 0.0842. The lowest BCUT2D eigenvalue weighted by Gasteiger charge is -2.15. The van der Waals surface area contributed by atoms with Gasteiger partial charge in [-0.3, -0.25) is 0 Å². The van der Waals surface area contributed by atoms with Gasteiger partial charge in [-0.2, -0.15) is 0 Å². The molecule has 19 heavy (non-hydrogen) atoms. The van der Waals surface area contributed by atoms with Gasteiger partial charge in [-0.25, -0.2) is 4.98 Å². The van der Waals surface area contributed by atoms with E-state index < -0.39 is 0 Å². The molecule has 2 rings (SSSR count). The second-order valence-corrected chi connectivity index (χ2v) is 4.47. The SMILES string of the molecule is COc1cc(CO)cc(OC)c1OCc1cscn1. The van der Waals surface area contributed by atoms with Crippen LogP contribution in [-0.2, 0) is 13.2 Å². The summed E-state index contributed by atoms with van der Waals surface area (Å²) in [6.07, 6.45) is 0. The zero-order chi connectivity index (χ0) is 13.7. The molecule has 0 unspecified atom stereocenters. The van der Waals surface area contributed by atoms with E-state index in [0.717, 1.165) is 5.69 Å². The summed E-state index contributed by atoms with van der Waals surface area (Å²) in [4.78, 5) is 4.15. The first-order chi connectivity index (χ1) is 9.28. The molecule has 5 nitrogen and oxygen atoms in total. The van der Waals surface area contributed by atoms with E-state index in [1.165, 1.54) is 11.3 Å². The fourth-order valence-electron chi connectivity index (χ4n) is 1.62. The Morgan fingerprint density at radius 2 is 1.89 bits per heavy atom. The van der Waals surface area contributed by atoms with Crippen LogP contribution in [0.4, 0.5) is 0 Å². The number of hydrogen-bond acceptors (Lipinski definition) is 6. The monoisotopic (exact) mass is 281 g/mol. The van der Waals surface area contributed by atoms with Crippen molar-refractivity contribution in [1.29, 1.82) is 0 Å². The normalized spacial score (nSPS) is 10.3. The van der Waals surface area contributed by atoms with Gasteiger partial charge >= 0.3 is 0 Å². The van der Waals surface area contributed by atoms with Gasteiger partial charge in [0.15, 0.2) is 11.5 Å². The van der Waals surface area contributed by atoms with Gasteiger partial charge in [0.1, 0.15) is 6.61 Å². The quantitative estimate of drug-likeness (QED) is 0.880. The van der Waals surface area contributed by atoms with Crippen LogP contribution in [0.1, 0.15) is 11.3 Å². The van der Waals surface area contributed by atoms with Crippen LogP contribution < -0.4 is 14.2 Å². The van der Waals surface area contributed by atoms with Crippen molar-refractivity contribution >= 4 is 11.3 Å². The van der Waals surface area contributed by atoms with Crippen molar-refractivity contribution in [2.45, 2.75) is 13.2 Å². The van der Waals surface area contributed by atoms with E-state index in [9.17, 15) is 5.11 Å². The number of ether oxygens (including phenoxy) is 3. The van der Waals surface area contributed by atoms with Gasteiger partial charge in [-0.1, -0.05) is 0 Å². The Balaban J connectivity index is 2.26. The number of thiazole rings is 1. The van der Waals surface area contributed by atoms with Gasteiger partial charge in [0.25, 0.3) is 0 Å². The van der Waals surface area contributed by atoms with E-state index in [-0.39, 0.29) is 6.61 Å². The highest BCUT2D eigenvalue weighted by Gasteiger charge is 2.14. The van der Waals surface area contributed by atoms with Crippen molar-refractivity contribution in [2.24, 2.45) is 0 Å². The van der Waals surface area contributed by atoms with Crippen molar-refractivity contribution in [2.75, 3.05) is 14.2 Å². The maximum absolute atomic E-state index is 9.19. The molecule has 1 aromatic heterocycles. The highest BCUT2D eigenvalue weighted by Crippen LogP contribution is 2.39. The van der Waals surface area contributed by atoms with Crippen molar-refractivity contribution in [3.63, 3.8) is 0 Å². The summed E-state index contributed by atoms with van der Waals surface area (Å²) in [6.45, 7) is 0.258. The Hall–Kier alpha value is -1.79. The van der Waals surface area contributed by atoms with Gasteiger partial charge in [0.05, 0.1) is 32.0 Å². The van der Waals surface area contributed by atoms with E-state index in [2.05, 4.69) is 4.98 Å². The summed E-state index contributed by atoms with van der Waals surface area (Å²) in [5, 5.41) is 11.1. The van der Waals surface area contributed by atoms with Crippen LogP contribution in [0.25, 0.3) is 0 Å². The van der Waals surface area contributed by atoms with Gasteiger partial charge in [0.2, 0.25) is 5.75 Å². The number of aromatic nitrogens is 1. The van der Waals surface area contributed by atoms with E-state index in [1.807, 2.05) is 5.38 Å². The molecule has 1 heterocycles. The first kappa shape index (κ1) is 13.6. The number of methoxy groups -OCH3 is 2. The molecule has 0 atom stereocenters. The van der Waals surface area contributed by atoms with Crippen molar-refractivity contribution < 1.29 is 19.3 Å². The third-order valence-electron chi connectivity index (χ3n) is 2.55. The Morgan fingerprint density at radius 3 is 2.37 bits per heavy atom. The Bertz CT molecular complexity index is 502. The smallest absolute Gasteiger partial charge is 0.203 e. The van der Waals surface area contributed by atoms with E-state index in [0.29, 0.717) is 29.4 Å². The van der Waals surface area contributed by atoms with Crippen LogP contribution in [-0.4, -0.2) is 24.3 Å². The minimum atomic E-state index is -0.0842. The molecule has 1 aromatic carbocycles. The molecule has 0 aliphatic heterocycles. The first-order valence-corrected chi connectivity index (χ1v) is 6.58. The predicted molar refractivity (Wildman–Crippen MR) is 71.9 cm³/mol. The van der Waals surface area contributed by atoms with E-state index >= 15 is 0 Å². The maximum atomic E-state index is 9.19. The van der Waals surface area contributed by atoms with Crippen molar-refractivity contribution in [3.8, 4) is 17.2 Å². The average molecular weight is 281 g/mol. The number of nitrogens with zero attached hydrogens (tertiary/aromatic N) is 1. The molecule has 2 aromatic rings. The standard InChI is InChI=1S/C13H15NO4S/c1-16-11-3-9(5-15)4-12(17-2)13(11)18-6-10-7-19-8-14-10/h3-4,7-8,15H,5-6H2,1-2H3. The molecule has 102 valence electrons. The molecule has 0 radical (unpaired) electrons. The Kier molecular flexibility index (Phi) is 4.59. The third kappa shape index (κ3) is 3.15. The maximum Gasteiger partial charge on any atom is 0.203 e.